The molecule has 3 heterocycles. The Kier molecular flexibility index (Phi) is 6.79. The quantitative estimate of drug-likeness (QED) is 0.181. The zero-order valence-electron chi connectivity index (χ0n) is 29.1. The van der Waals surface area contributed by atoms with E-state index >= 15 is 0 Å². The van der Waals surface area contributed by atoms with Gasteiger partial charge in [0.2, 0.25) is 5.95 Å². The maximum absolute atomic E-state index is 5.14. The maximum Gasteiger partial charge on any atom is 0.238 e. The largest absolute Gasteiger partial charge is 0.309 e. The minimum atomic E-state index is 0.581. The molecule has 0 aliphatic carbocycles. The zero-order chi connectivity index (χ0) is 35.6. The summed E-state index contributed by atoms with van der Waals surface area (Å²) >= 11 is 0. The number of fused-ring (bicyclic) bond motifs is 7. The average molecular weight is 690 g/mol. The standard InChI is InChI=1S/C49H31N5/c1-3-14-33(15-4-1)47-50-48(34-16-5-2-6-17-34)52-49(51-47)54-44-22-12-10-20-40(44)42-28-25-37(31-46(42)54)36-24-27-41-39-19-9-11-21-43(39)53(45(41)30-36)38-26-23-32-13-7-8-18-35(32)29-38/h1-31H. The van der Waals surface area contributed by atoms with Gasteiger partial charge in [0.25, 0.3) is 0 Å². The Hall–Kier alpha value is -7.37. The second-order valence-electron chi connectivity index (χ2n) is 13.7. The molecule has 11 rings (SSSR count). The molecule has 0 N–H and O–H groups in total. The van der Waals surface area contributed by atoms with E-state index in [1.807, 2.05) is 60.7 Å². The molecule has 5 nitrogen and oxygen atoms in total. The van der Waals surface area contributed by atoms with Crippen LogP contribution in [0.2, 0.25) is 0 Å². The van der Waals surface area contributed by atoms with Crippen LogP contribution >= 0.6 is 0 Å². The van der Waals surface area contributed by atoms with Crippen molar-refractivity contribution in [3.05, 3.63) is 188 Å². The van der Waals surface area contributed by atoms with E-state index in [1.54, 1.807) is 0 Å². The van der Waals surface area contributed by atoms with E-state index in [1.165, 1.54) is 32.6 Å². The van der Waals surface area contributed by atoms with Crippen molar-refractivity contribution in [3.8, 4) is 45.5 Å². The molecule has 0 spiro atoms. The second-order valence-corrected chi connectivity index (χ2v) is 13.7. The summed E-state index contributed by atoms with van der Waals surface area (Å²) in [5, 5.41) is 7.21. The summed E-state index contributed by atoms with van der Waals surface area (Å²) < 4.78 is 4.59. The van der Waals surface area contributed by atoms with Gasteiger partial charge >= 0.3 is 0 Å². The molecule has 0 atom stereocenters. The minimum Gasteiger partial charge on any atom is -0.309 e. The van der Waals surface area contributed by atoms with Gasteiger partial charge in [0.15, 0.2) is 11.6 Å². The first-order chi connectivity index (χ1) is 26.8. The lowest BCUT2D eigenvalue weighted by molar-refractivity contribution is 0.953. The number of para-hydroxylation sites is 2. The van der Waals surface area contributed by atoms with Crippen LogP contribution in [0.1, 0.15) is 0 Å². The van der Waals surface area contributed by atoms with Crippen molar-refractivity contribution in [1.29, 1.82) is 0 Å². The lowest BCUT2D eigenvalue weighted by atomic mass is 10.0. The van der Waals surface area contributed by atoms with Crippen molar-refractivity contribution < 1.29 is 0 Å². The number of benzene rings is 8. The van der Waals surface area contributed by atoms with E-state index in [0.29, 0.717) is 17.6 Å². The van der Waals surface area contributed by atoms with Gasteiger partial charge in [0.05, 0.1) is 22.1 Å². The van der Waals surface area contributed by atoms with Gasteiger partial charge in [0.1, 0.15) is 0 Å². The van der Waals surface area contributed by atoms with Crippen molar-refractivity contribution in [3.63, 3.8) is 0 Å². The molecule has 0 aliphatic rings. The van der Waals surface area contributed by atoms with Gasteiger partial charge in [-0.05, 0) is 58.3 Å². The molecule has 8 aromatic carbocycles. The molecular weight excluding hydrogens is 659 g/mol. The van der Waals surface area contributed by atoms with Crippen molar-refractivity contribution in [1.82, 2.24) is 24.1 Å². The van der Waals surface area contributed by atoms with Crippen LogP contribution in [-0.2, 0) is 0 Å². The number of nitrogens with zero attached hydrogens (tertiary/aromatic N) is 5. The Labute approximate surface area is 311 Å². The van der Waals surface area contributed by atoms with Crippen molar-refractivity contribution in [2.24, 2.45) is 0 Å². The number of hydrogen-bond acceptors (Lipinski definition) is 3. The lowest BCUT2D eigenvalue weighted by Gasteiger charge is -2.12. The molecule has 11 aromatic rings. The molecular formula is C49H31N5. The molecule has 252 valence electrons. The van der Waals surface area contributed by atoms with Crippen LogP contribution in [-0.4, -0.2) is 24.1 Å². The third kappa shape index (κ3) is 4.83. The van der Waals surface area contributed by atoms with E-state index in [4.69, 9.17) is 15.0 Å². The van der Waals surface area contributed by atoms with Crippen LogP contribution in [0.25, 0.3) is 99.9 Å². The molecule has 0 fully saturated rings. The summed E-state index contributed by atoms with van der Waals surface area (Å²) in [5.41, 5.74) is 9.71. The predicted molar refractivity (Wildman–Crippen MR) is 222 cm³/mol. The van der Waals surface area contributed by atoms with Crippen LogP contribution in [0.4, 0.5) is 0 Å². The van der Waals surface area contributed by atoms with E-state index in [9.17, 15) is 0 Å². The van der Waals surface area contributed by atoms with Crippen LogP contribution in [0.5, 0.6) is 0 Å². The van der Waals surface area contributed by atoms with Gasteiger partial charge < -0.3 is 4.57 Å². The van der Waals surface area contributed by atoms with Gasteiger partial charge in [-0.2, -0.15) is 9.97 Å². The van der Waals surface area contributed by atoms with Crippen LogP contribution in [0, 0.1) is 0 Å². The van der Waals surface area contributed by atoms with Gasteiger partial charge in [-0.15, -0.1) is 0 Å². The molecule has 0 bridgehead atoms. The van der Waals surface area contributed by atoms with Gasteiger partial charge in [0, 0.05) is 38.4 Å². The van der Waals surface area contributed by atoms with E-state index in [2.05, 4.69) is 137 Å². The van der Waals surface area contributed by atoms with Crippen molar-refractivity contribution in [2.45, 2.75) is 0 Å². The maximum atomic E-state index is 5.14. The highest BCUT2D eigenvalue weighted by atomic mass is 15.2. The smallest absolute Gasteiger partial charge is 0.238 e. The number of rotatable bonds is 5. The minimum absolute atomic E-state index is 0.581. The van der Waals surface area contributed by atoms with Gasteiger partial charge in [-0.1, -0.05) is 152 Å². The molecule has 0 unspecified atom stereocenters. The molecule has 3 aromatic heterocycles. The summed E-state index contributed by atoms with van der Waals surface area (Å²) in [6.45, 7) is 0. The highest BCUT2D eigenvalue weighted by Crippen LogP contribution is 2.38. The lowest BCUT2D eigenvalue weighted by Crippen LogP contribution is -2.06. The fraction of sp³-hybridized carbons (Fsp3) is 0. The monoisotopic (exact) mass is 689 g/mol. The summed E-state index contributed by atoms with van der Waals surface area (Å²) in [5.74, 6) is 1.85. The van der Waals surface area contributed by atoms with Gasteiger partial charge in [-0.25, -0.2) is 4.98 Å². The first kappa shape index (κ1) is 30.3. The molecule has 0 radical (unpaired) electrons. The first-order valence-electron chi connectivity index (χ1n) is 18.2. The topological polar surface area (TPSA) is 48.5 Å². The Balaban J connectivity index is 1.14. The van der Waals surface area contributed by atoms with Crippen molar-refractivity contribution in [2.75, 3.05) is 0 Å². The molecule has 0 saturated heterocycles. The SMILES string of the molecule is c1ccc(-c2nc(-c3ccccc3)nc(-n3c4ccccc4c4ccc(-c5ccc6c7ccccc7n(-c7ccc8ccccc8c7)c6c5)cc43)n2)cc1. The second kappa shape index (κ2) is 12.1. The Morgan fingerprint density at radius 3 is 1.39 bits per heavy atom. The average Bonchev–Trinajstić information content (AvgIpc) is 3.76. The first-order valence-corrected chi connectivity index (χ1v) is 18.2. The van der Waals surface area contributed by atoms with E-state index < -0.39 is 0 Å². The summed E-state index contributed by atoms with van der Waals surface area (Å²) in [4.78, 5) is 15.3. The zero-order valence-corrected chi connectivity index (χ0v) is 29.1. The highest BCUT2D eigenvalue weighted by molar-refractivity contribution is 6.12. The van der Waals surface area contributed by atoms with Crippen molar-refractivity contribution >= 4 is 54.4 Å². The molecule has 0 saturated carbocycles. The third-order valence-corrected chi connectivity index (χ3v) is 10.6. The normalized spacial score (nSPS) is 11.7. The Bertz CT molecular complexity index is 3160. The Morgan fingerprint density at radius 1 is 0.296 bits per heavy atom. The fourth-order valence-corrected chi connectivity index (χ4v) is 8.01. The summed E-state index contributed by atoms with van der Waals surface area (Å²) in [6.07, 6.45) is 0. The number of aromatic nitrogens is 5. The predicted octanol–water partition coefficient (Wildman–Crippen LogP) is 12.2. The summed E-state index contributed by atoms with van der Waals surface area (Å²) in [7, 11) is 0. The third-order valence-electron chi connectivity index (χ3n) is 10.6. The Morgan fingerprint density at radius 2 is 0.778 bits per heavy atom. The molecule has 5 heteroatoms. The fourth-order valence-electron chi connectivity index (χ4n) is 8.01. The van der Waals surface area contributed by atoms with Crippen LogP contribution in [0.15, 0.2) is 188 Å². The number of hydrogen-bond donors (Lipinski definition) is 0. The molecule has 0 aliphatic heterocycles. The highest BCUT2D eigenvalue weighted by Gasteiger charge is 2.19. The van der Waals surface area contributed by atoms with E-state index in [0.717, 1.165) is 49.7 Å². The van der Waals surface area contributed by atoms with Crippen LogP contribution < -0.4 is 0 Å². The van der Waals surface area contributed by atoms with E-state index in [-0.39, 0.29) is 0 Å². The molecule has 54 heavy (non-hydrogen) atoms. The molecule has 0 amide bonds. The summed E-state index contributed by atoms with van der Waals surface area (Å²) in [6, 6.07) is 66.4. The van der Waals surface area contributed by atoms with Gasteiger partial charge in [-0.3, -0.25) is 4.57 Å². The van der Waals surface area contributed by atoms with Crippen LogP contribution in [0.3, 0.4) is 0 Å².